The first kappa shape index (κ1) is 17.9. The molecule has 120 valence electrons. The van der Waals surface area contributed by atoms with Gasteiger partial charge in [-0.2, -0.15) is 0 Å². The van der Waals surface area contributed by atoms with E-state index in [-0.39, 0.29) is 17.6 Å². The van der Waals surface area contributed by atoms with Gasteiger partial charge in [-0.05, 0) is 31.4 Å². The molecule has 0 heterocycles. The fourth-order valence-corrected chi connectivity index (χ4v) is 2.16. The van der Waals surface area contributed by atoms with Crippen LogP contribution >= 0.6 is 0 Å². The summed E-state index contributed by atoms with van der Waals surface area (Å²) >= 11 is 0. The van der Waals surface area contributed by atoms with Crippen LogP contribution in [0.4, 0.5) is 5.69 Å². The summed E-state index contributed by atoms with van der Waals surface area (Å²) in [6.45, 7) is 6.33. The Kier molecular flexibility index (Phi) is 7.29. The minimum absolute atomic E-state index is 0.00321. The van der Waals surface area contributed by atoms with Crippen LogP contribution in [0.3, 0.4) is 0 Å². The van der Waals surface area contributed by atoms with Gasteiger partial charge in [-0.25, -0.2) is 0 Å². The van der Waals surface area contributed by atoms with Gasteiger partial charge >= 0.3 is 0 Å². The predicted octanol–water partition coefficient (Wildman–Crippen LogP) is 3.94. The van der Waals surface area contributed by atoms with E-state index in [0.717, 1.165) is 19.3 Å². The molecular formula is C17H24N2O3. The maximum atomic E-state index is 11.8. The summed E-state index contributed by atoms with van der Waals surface area (Å²) in [4.78, 5) is 22.3. The van der Waals surface area contributed by atoms with Gasteiger partial charge in [0.05, 0.1) is 10.5 Å². The van der Waals surface area contributed by atoms with Crippen LogP contribution in [0.5, 0.6) is 0 Å². The Morgan fingerprint density at radius 2 is 1.95 bits per heavy atom. The minimum atomic E-state index is -0.452. The van der Waals surface area contributed by atoms with Gasteiger partial charge in [0.15, 0.2) is 0 Å². The van der Waals surface area contributed by atoms with Crippen molar-refractivity contribution < 1.29 is 9.72 Å². The molecule has 22 heavy (non-hydrogen) atoms. The lowest BCUT2D eigenvalue weighted by Crippen LogP contribution is -2.31. The van der Waals surface area contributed by atoms with E-state index in [1.807, 2.05) is 6.92 Å². The molecule has 1 rings (SSSR count). The monoisotopic (exact) mass is 304 g/mol. The zero-order valence-corrected chi connectivity index (χ0v) is 13.4. The summed E-state index contributed by atoms with van der Waals surface area (Å²) < 4.78 is 0. The van der Waals surface area contributed by atoms with Gasteiger partial charge in [0.2, 0.25) is 5.91 Å². The van der Waals surface area contributed by atoms with Gasteiger partial charge < -0.3 is 5.32 Å². The Morgan fingerprint density at radius 1 is 1.27 bits per heavy atom. The van der Waals surface area contributed by atoms with E-state index < -0.39 is 4.92 Å². The molecule has 1 aromatic rings. The Labute approximate surface area is 131 Å². The molecule has 1 aromatic carbocycles. The minimum Gasteiger partial charge on any atom is -0.350 e. The van der Waals surface area contributed by atoms with Crippen molar-refractivity contribution in [2.75, 3.05) is 0 Å². The van der Waals surface area contributed by atoms with Crippen LogP contribution in [0, 0.1) is 16.0 Å². The lowest BCUT2D eigenvalue weighted by atomic mass is 10.0. The first-order valence-electron chi connectivity index (χ1n) is 7.62. The Hall–Kier alpha value is -2.17. The molecule has 0 radical (unpaired) electrons. The molecule has 0 aliphatic rings. The standard InChI is InChI=1S/C17H24N2O3/c1-13(2)7-6-8-14(3)18-17(20)12-11-15-9-4-5-10-16(15)19(21)22/h4-5,9-14H,6-8H2,1-3H3,(H,18,20). The summed E-state index contributed by atoms with van der Waals surface area (Å²) in [5.41, 5.74) is 0.423. The van der Waals surface area contributed by atoms with Gasteiger partial charge in [0.1, 0.15) is 0 Å². The van der Waals surface area contributed by atoms with Crippen molar-refractivity contribution in [2.45, 2.75) is 46.1 Å². The van der Waals surface area contributed by atoms with Crippen molar-refractivity contribution in [3.63, 3.8) is 0 Å². The maximum Gasteiger partial charge on any atom is 0.276 e. The molecular weight excluding hydrogens is 280 g/mol. The topological polar surface area (TPSA) is 72.2 Å². The summed E-state index contributed by atoms with van der Waals surface area (Å²) in [7, 11) is 0. The highest BCUT2D eigenvalue weighted by molar-refractivity contribution is 5.92. The Balaban J connectivity index is 2.53. The zero-order valence-electron chi connectivity index (χ0n) is 13.4. The smallest absolute Gasteiger partial charge is 0.276 e. The number of hydrogen-bond acceptors (Lipinski definition) is 3. The van der Waals surface area contributed by atoms with Gasteiger partial charge in [-0.1, -0.05) is 38.8 Å². The molecule has 0 saturated carbocycles. The van der Waals surface area contributed by atoms with Crippen LogP contribution in [-0.4, -0.2) is 16.9 Å². The number of nitrogens with one attached hydrogen (secondary N) is 1. The van der Waals surface area contributed by atoms with Crippen molar-refractivity contribution >= 4 is 17.7 Å². The summed E-state index contributed by atoms with van der Waals surface area (Å²) in [6.07, 6.45) is 5.98. The fourth-order valence-electron chi connectivity index (χ4n) is 2.16. The third-order valence-corrected chi connectivity index (χ3v) is 3.35. The molecule has 0 bridgehead atoms. The molecule has 1 amide bonds. The first-order valence-corrected chi connectivity index (χ1v) is 7.62. The van der Waals surface area contributed by atoms with E-state index in [9.17, 15) is 14.9 Å². The largest absolute Gasteiger partial charge is 0.350 e. The molecule has 0 saturated heterocycles. The lowest BCUT2D eigenvalue weighted by Gasteiger charge is -2.13. The molecule has 0 fully saturated rings. The van der Waals surface area contributed by atoms with E-state index in [1.54, 1.807) is 18.2 Å². The number of carbonyl (C=O) groups excluding carboxylic acids is 1. The number of para-hydroxylation sites is 1. The van der Waals surface area contributed by atoms with Crippen LogP contribution in [0.1, 0.15) is 45.6 Å². The number of amides is 1. The summed E-state index contributed by atoms with van der Waals surface area (Å²) in [6, 6.07) is 6.45. The van der Waals surface area contributed by atoms with E-state index in [0.29, 0.717) is 11.5 Å². The highest BCUT2D eigenvalue weighted by Gasteiger charge is 2.10. The van der Waals surface area contributed by atoms with Crippen molar-refractivity contribution in [3.8, 4) is 0 Å². The number of nitro benzene ring substituents is 1. The van der Waals surface area contributed by atoms with Gasteiger partial charge in [-0.15, -0.1) is 0 Å². The number of hydrogen-bond donors (Lipinski definition) is 1. The second-order valence-electron chi connectivity index (χ2n) is 5.88. The molecule has 5 nitrogen and oxygen atoms in total. The fraction of sp³-hybridized carbons (Fsp3) is 0.471. The van der Waals surface area contributed by atoms with Crippen LogP contribution in [-0.2, 0) is 4.79 Å². The normalized spacial score (nSPS) is 12.5. The van der Waals surface area contributed by atoms with Crippen molar-refractivity contribution in [1.82, 2.24) is 5.32 Å². The van der Waals surface area contributed by atoms with Crippen LogP contribution < -0.4 is 5.32 Å². The second-order valence-corrected chi connectivity index (χ2v) is 5.88. The molecule has 0 aliphatic carbocycles. The number of carbonyl (C=O) groups is 1. The van der Waals surface area contributed by atoms with E-state index in [1.165, 1.54) is 18.2 Å². The molecule has 0 spiro atoms. The third-order valence-electron chi connectivity index (χ3n) is 3.35. The van der Waals surface area contributed by atoms with Gasteiger partial charge in [0, 0.05) is 18.2 Å². The van der Waals surface area contributed by atoms with Gasteiger partial charge in [0.25, 0.3) is 5.69 Å². The van der Waals surface area contributed by atoms with E-state index in [2.05, 4.69) is 19.2 Å². The second kappa shape index (κ2) is 8.97. The van der Waals surface area contributed by atoms with Gasteiger partial charge in [-0.3, -0.25) is 14.9 Å². The SMILES string of the molecule is CC(C)CCCC(C)NC(=O)C=Cc1ccccc1[N+](=O)[O-]. The predicted molar refractivity (Wildman–Crippen MR) is 88.4 cm³/mol. The molecule has 1 N–H and O–H groups in total. The van der Waals surface area contributed by atoms with Crippen molar-refractivity contribution in [1.29, 1.82) is 0 Å². The summed E-state index contributed by atoms with van der Waals surface area (Å²) in [5, 5.41) is 13.8. The van der Waals surface area contributed by atoms with Crippen LogP contribution in [0.25, 0.3) is 6.08 Å². The average molecular weight is 304 g/mol. The number of rotatable bonds is 8. The van der Waals surface area contributed by atoms with Crippen molar-refractivity contribution in [2.24, 2.45) is 5.92 Å². The summed E-state index contributed by atoms with van der Waals surface area (Å²) in [5.74, 6) is 0.441. The molecule has 0 aromatic heterocycles. The Bertz CT molecular complexity index is 538. The number of nitro groups is 1. The highest BCUT2D eigenvalue weighted by atomic mass is 16.6. The third kappa shape index (κ3) is 6.52. The molecule has 5 heteroatoms. The van der Waals surface area contributed by atoms with E-state index in [4.69, 9.17) is 0 Å². The zero-order chi connectivity index (χ0) is 16.5. The molecule has 0 aliphatic heterocycles. The molecule has 1 unspecified atom stereocenters. The van der Waals surface area contributed by atoms with Crippen LogP contribution in [0.15, 0.2) is 30.3 Å². The number of benzene rings is 1. The molecule has 1 atom stereocenters. The highest BCUT2D eigenvalue weighted by Crippen LogP contribution is 2.18. The maximum absolute atomic E-state index is 11.8. The van der Waals surface area contributed by atoms with Crippen molar-refractivity contribution in [3.05, 3.63) is 46.0 Å². The quantitative estimate of drug-likeness (QED) is 0.449. The van der Waals surface area contributed by atoms with E-state index >= 15 is 0 Å². The first-order chi connectivity index (χ1) is 10.4. The number of nitrogens with zero attached hydrogens (tertiary/aromatic N) is 1. The Morgan fingerprint density at radius 3 is 2.59 bits per heavy atom. The lowest BCUT2D eigenvalue weighted by molar-refractivity contribution is -0.385. The van der Waals surface area contributed by atoms with Crippen LogP contribution in [0.2, 0.25) is 0 Å². The average Bonchev–Trinajstić information content (AvgIpc) is 2.44.